The highest BCUT2D eigenvalue weighted by molar-refractivity contribution is 7.90. The summed E-state index contributed by atoms with van der Waals surface area (Å²) in [7, 11) is -2.86. The van der Waals surface area contributed by atoms with Crippen LogP contribution in [0.4, 0.5) is 4.79 Å². The normalized spacial score (nSPS) is 12.1. The van der Waals surface area contributed by atoms with E-state index < -0.39 is 16.1 Å². The van der Waals surface area contributed by atoms with E-state index in [1.54, 1.807) is 12.3 Å². The van der Waals surface area contributed by atoms with Gasteiger partial charge in [-0.05, 0) is 42.7 Å². The van der Waals surface area contributed by atoms with Crippen molar-refractivity contribution in [3.05, 3.63) is 47.8 Å². The summed E-state index contributed by atoms with van der Waals surface area (Å²) in [5, 5.41) is 5.14. The van der Waals surface area contributed by atoms with Crippen LogP contribution in [0.5, 0.6) is 5.75 Å². The molecule has 2 rings (SSSR count). The molecule has 30 heavy (non-hydrogen) atoms. The fourth-order valence-corrected chi connectivity index (χ4v) is 3.98. The van der Waals surface area contributed by atoms with Crippen LogP contribution in [0, 0.1) is 0 Å². The first kappa shape index (κ1) is 23.3. The molecule has 3 amide bonds. The van der Waals surface area contributed by atoms with Gasteiger partial charge >= 0.3 is 6.03 Å². The Bertz CT molecular complexity index is 958. The summed E-state index contributed by atoms with van der Waals surface area (Å²) in [5.74, 6) is -0.128. The molecular weight excluding hydrogens is 408 g/mol. The number of hydrogen-bond acceptors (Lipinski definition) is 5. The fraction of sp³-hybridized carbons (Fsp3) is 0.400. The molecule has 1 atom stereocenters. The van der Waals surface area contributed by atoms with Crippen LogP contribution in [0.2, 0.25) is 0 Å². The Morgan fingerprint density at radius 3 is 2.57 bits per heavy atom. The lowest BCUT2D eigenvalue weighted by Crippen LogP contribution is -2.37. The monoisotopic (exact) mass is 436 g/mol. The molecule has 1 aromatic heterocycles. The number of aromatic nitrogens is 1. The highest BCUT2D eigenvalue weighted by Gasteiger charge is 2.23. The van der Waals surface area contributed by atoms with Gasteiger partial charge in [-0.25, -0.2) is 17.9 Å². The second-order valence-corrected chi connectivity index (χ2v) is 8.30. The number of aromatic amines is 1. The molecule has 10 heteroatoms. The summed E-state index contributed by atoms with van der Waals surface area (Å²) in [5.41, 5.74) is 1.38. The maximum absolute atomic E-state index is 12.6. The number of ether oxygens (including phenoxy) is 1. The van der Waals surface area contributed by atoms with E-state index in [2.05, 4.69) is 15.6 Å². The van der Waals surface area contributed by atoms with Crippen molar-refractivity contribution < 1.29 is 22.7 Å². The molecule has 2 aromatic rings. The van der Waals surface area contributed by atoms with Crippen molar-refractivity contribution in [1.29, 1.82) is 0 Å². The molecule has 4 N–H and O–H groups in total. The van der Waals surface area contributed by atoms with E-state index in [9.17, 15) is 18.0 Å². The van der Waals surface area contributed by atoms with Gasteiger partial charge in [0.05, 0.1) is 19.1 Å². The van der Waals surface area contributed by atoms with Gasteiger partial charge in [0.1, 0.15) is 10.6 Å². The molecule has 0 radical (unpaired) electrons. The van der Waals surface area contributed by atoms with E-state index >= 15 is 0 Å². The number of rotatable bonds is 10. The first-order valence-electron chi connectivity index (χ1n) is 9.73. The van der Waals surface area contributed by atoms with Crippen molar-refractivity contribution in [2.75, 3.05) is 13.7 Å². The van der Waals surface area contributed by atoms with E-state index in [1.165, 1.54) is 19.2 Å². The summed E-state index contributed by atoms with van der Waals surface area (Å²) in [6.45, 7) is 4.17. The van der Waals surface area contributed by atoms with Crippen molar-refractivity contribution in [2.45, 2.75) is 44.0 Å². The van der Waals surface area contributed by atoms with Crippen molar-refractivity contribution in [3.63, 3.8) is 0 Å². The molecule has 0 aliphatic rings. The molecule has 0 spiro atoms. The molecule has 0 saturated heterocycles. The van der Waals surface area contributed by atoms with Gasteiger partial charge in [0, 0.05) is 18.9 Å². The molecular formula is C20H28N4O5S. The first-order valence-corrected chi connectivity index (χ1v) is 11.2. The van der Waals surface area contributed by atoms with Crippen LogP contribution < -0.4 is 20.1 Å². The highest BCUT2D eigenvalue weighted by atomic mass is 32.2. The lowest BCUT2D eigenvalue weighted by Gasteiger charge is -2.17. The first-order chi connectivity index (χ1) is 14.3. The summed E-state index contributed by atoms with van der Waals surface area (Å²) in [6, 6.07) is 7.21. The van der Waals surface area contributed by atoms with Crippen LogP contribution in [0.1, 0.15) is 44.0 Å². The van der Waals surface area contributed by atoms with Gasteiger partial charge in [0.15, 0.2) is 0 Å². The van der Waals surface area contributed by atoms with Gasteiger partial charge in [-0.15, -0.1) is 0 Å². The molecule has 9 nitrogen and oxygen atoms in total. The number of hydrogen-bond donors (Lipinski definition) is 4. The zero-order valence-electron chi connectivity index (χ0n) is 17.3. The van der Waals surface area contributed by atoms with E-state index in [0.29, 0.717) is 25.0 Å². The largest absolute Gasteiger partial charge is 0.492 e. The number of carbonyl (C=O) groups excluding carboxylic acids is 2. The number of H-pyrrole nitrogens is 1. The molecule has 164 valence electrons. The van der Waals surface area contributed by atoms with Crippen molar-refractivity contribution in [2.24, 2.45) is 0 Å². The average molecular weight is 437 g/mol. The number of benzene rings is 1. The molecule has 0 bridgehead atoms. The van der Waals surface area contributed by atoms with Crippen LogP contribution in [0.15, 0.2) is 41.4 Å². The van der Waals surface area contributed by atoms with Crippen molar-refractivity contribution in [3.8, 4) is 5.75 Å². The van der Waals surface area contributed by atoms with Gasteiger partial charge in [-0.2, -0.15) is 0 Å². The SMILES string of the molecule is CCCOc1ccc(CC(=O)NC(CC)c2ccc[nH]2)cc1S(=O)(=O)NC(=O)NC. The zero-order chi connectivity index (χ0) is 22.1. The van der Waals surface area contributed by atoms with Crippen LogP contribution in [-0.4, -0.2) is 39.0 Å². The minimum atomic E-state index is -4.18. The second-order valence-electron chi connectivity index (χ2n) is 6.64. The molecule has 1 aromatic carbocycles. The molecule has 0 saturated carbocycles. The Kier molecular flexibility index (Phi) is 8.28. The Balaban J connectivity index is 2.24. The number of urea groups is 1. The quantitative estimate of drug-likeness (QED) is 0.454. The summed E-state index contributed by atoms with van der Waals surface area (Å²) >= 11 is 0. The van der Waals surface area contributed by atoms with Gasteiger partial charge < -0.3 is 20.4 Å². The van der Waals surface area contributed by atoms with Gasteiger partial charge in [0.25, 0.3) is 10.0 Å². The third kappa shape index (κ3) is 6.24. The molecule has 0 fully saturated rings. The lowest BCUT2D eigenvalue weighted by atomic mass is 10.1. The number of sulfonamides is 1. The predicted octanol–water partition coefficient (Wildman–Crippen LogP) is 2.23. The Hall–Kier alpha value is -3.01. The lowest BCUT2D eigenvalue weighted by molar-refractivity contribution is -0.121. The van der Waals surface area contributed by atoms with Crippen LogP contribution in [-0.2, 0) is 21.2 Å². The van der Waals surface area contributed by atoms with Gasteiger partial charge in [-0.3, -0.25) is 4.79 Å². The standard InChI is InChI=1S/C20H28N4O5S/c1-4-11-29-17-9-8-14(12-18(17)30(27,28)24-20(26)21-3)13-19(25)23-15(5-2)16-7-6-10-22-16/h6-10,12,15,22H,4-5,11,13H2,1-3H3,(H,23,25)(H2,21,24,26). The highest BCUT2D eigenvalue weighted by Crippen LogP contribution is 2.26. The Labute approximate surface area is 176 Å². The maximum atomic E-state index is 12.6. The van der Waals surface area contributed by atoms with E-state index in [4.69, 9.17) is 4.74 Å². The zero-order valence-corrected chi connectivity index (χ0v) is 18.1. The average Bonchev–Trinajstić information content (AvgIpc) is 3.25. The van der Waals surface area contributed by atoms with Gasteiger partial charge in [-0.1, -0.05) is 19.9 Å². The van der Waals surface area contributed by atoms with Gasteiger partial charge in [0.2, 0.25) is 5.91 Å². The molecule has 1 heterocycles. The van der Waals surface area contributed by atoms with E-state index in [-0.39, 0.29) is 29.0 Å². The Morgan fingerprint density at radius 2 is 1.97 bits per heavy atom. The minimum absolute atomic E-state index is 0.0201. The maximum Gasteiger partial charge on any atom is 0.328 e. The van der Waals surface area contributed by atoms with Crippen LogP contribution in [0.25, 0.3) is 0 Å². The summed E-state index contributed by atoms with van der Waals surface area (Å²) < 4.78 is 32.7. The van der Waals surface area contributed by atoms with E-state index in [0.717, 1.165) is 5.69 Å². The minimum Gasteiger partial charge on any atom is -0.492 e. The third-order valence-electron chi connectivity index (χ3n) is 4.32. The van der Waals surface area contributed by atoms with Crippen molar-refractivity contribution >= 4 is 22.0 Å². The second kappa shape index (κ2) is 10.7. The molecule has 0 aliphatic carbocycles. The third-order valence-corrected chi connectivity index (χ3v) is 5.67. The van der Waals surface area contributed by atoms with Crippen molar-refractivity contribution in [1.82, 2.24) is 20.3 Å². The smallest absolute Gasteiger partial charge is 0.328 e. The van der Waals surface area contributed by atoms with Crippen LogP contribution >= 0.6 is 0 Å². The Morgan fingerprint density at radius 1 is 1.20 bits per heavy atom. The molecule has 0 aliphatic heterocycles. The predicted molar refractivity (Wildman–Crippen MR) is 113 cm³/mol. The summed E-state index contributed by atoms with van der Waals surface area (Å²) in [6.07, 6.45) is 3.15. The molecule has 1 unspecified atom stereocenters. The number of carbonyl (C=O) groups is 2. The van der Waals surface area contributed by atoms with Crippen LogP contribution in [0.3, 0.4) is 0 Å². The number of amides is 3. The summed E-state index contributed by atoms with van der Waals surface area (Å²) in [4.78, 5) is 27.0. The van der Waals surface area contributed by atoms with E-state index in [1.807, 2.05) is 30.7 Å². The fourth-order valence-electron chi connectivity index (χ4n) is 2.82. The topological polar surface area (TPSA) is 129 Å². The number of nitrogens with one attached hydrogen (secondary N) is 4.